The minimum atomic E-state index is -0.0319. The highest BCUT2D eigenvalue weighted by atomic mass is 16.5. The highest BCUT2D eigenvalue weighted by molar-refractivity contribution is 5.80. The maximum absolute atomic E-state index is 12.2. The van der Waals surface area contributed by atoms with E-state index in [2.05, 4.69) is 5.32 Å². The quantitative estimate of drug-likeness (QED) is 0.748. The van der Waals surface area contributed by atoms with Crippen LogP contribution in [0.5, 0.6) is 0 Å². The number of hydrogen-bond acceptors (Lipinski definition) is 4. The van der Waals surface area contributed by atoms with Crippen LogP contribution in [-0.4, -0.2) is 43.4 Å². The molecule has 0 spiro atoms. The summed E-state index contributed by atoms with van der Waals surface area (Å²) in [4.78, 5) is 12.2. The summed E-state index contributed by atoms with van der Waals surface area (Å²) in [5, 5.41) is 3.04. The van der Waals surface area contributed by atoms with E-state index in [0.29, 0.717) is 13.2 Å². The van der Waals surface area contributed by atoms with E-state index in [1.807, 2.05) is 13.8 Å². The molecule has 5 unspecified atom stereocenters. The van der Waals surface area contributed by atoms with Gasteiger partial charge in [0.1, 0.15) is 0 Å². The number of hydrogen-bond donors (Lipinski definition) is 2. The lowest BCUT2D eigenvalue weighted by Gasteiger charge is -2.42. The second-order valence-electron chi connectivity index (χ2n) is 5.14. The largest absolute Gasteiger partial charge is 0.377 e. The van der Waals surface area contributed by atoms with Crippen LogP contribution >= 0.6 is 0 Å². The second-order valence-corrected chi connectivity index (χ2v) is 5.14. The van der Waals surface area contributed by atoms with Crippen LogP contribution < -0.4 is 11.1 Å². The predicted molar refractivity (Wildman–Crippen MR) is 68.1 cm³/mol. The lowest BCUT2D eigenvalue weighted by Crippen LogP contribution is -2.65. The molecule has 1 saturated heterocycles. The Bertz CT molecular complexity index is 296. The van der Waals surface area contributed by atoms with Gasteiger partial charge in [-0.15, -0.1) is 0 Å². The molecule has 5 heteroatoms. The van der Waals surface area contributed by atoms with Gasteiger partial charge in [-0.1, -0.05) is 6.92 Å². The van der Waals surface area contributed by atoms with Gasteiger partial charge in [0.2, 0.25) is 5.91 Å². The number of nitrogens with two attached hydrogens (primary N) is 1. The van der Waals surface area contributed by atoms with Crippen molar-refractivity contribution in [2.45, 2.75) is 57.4 Å². The van der Waals surface area contributed by atoms with Gasteiger partial charge in [0.05, 0.1) is 24.2 Å². The Kier molecular flexibility index (Phi) is 4.59. The topological polar surface area (TPSA) is 73.6 Å². The van der Waals surface area contributed by atoms with E-state index in [4.69, 9.17) is 15.2 Å². The van der Waals surface area contributed by atoms with Crippen LogP contribution in [0.2, 0.25) is 0 Å². The van der Waals surface area contributed by atoms with Gasteiger partial charge in [-0.2, -0.15) is 0 Å². The third-order valence-electron chi connectivity index (χ3n) is 4.00. The molecular formula is C13H24N2O3. The Morgan fingerprint density at radius 2 is 2.28 bits per heavy atom. The fourth-order valence-corrected chi connectivity index (χ4v) is 2.85. The number of carbonyl (C=O) groups is 1. The zero-order valence-corrected chi connectivity index (χ0v) is 11.2. The maximum atomic E-state index is 12.2. The van der Waals surface area contributed by atoms with E-state index in [-0.39, 0.29) is 36.1 Å². The molecule has 1 amide bonds. The molecule has 18 heavy (non-hydrogen) atoms. The third-order valence-corrected chi connectivity index (χ3v) is 4.00. The molecule has 0 aromatic heterocycles. The molecule has 2 fully saturated rings. The van der Waals surface area contributed by atoms with Crippen molar-refractivity contribution >= 4 is 5.91 Å². The van der Waals surface area contributed by atoms with E-state index in [9.17, 15) is 4.79 Å². The van der Waals surface area contributed by atoms with Gasteiger partial charge in [-0.25, -0.2) is 0 Å². The molecule has 5 atom stereocenters. The number of amides is 1. The Labute approximate surface area is 108 Å². The molecule has 3 N–H and O–H groups in total. The molecule has 0 bridgehead atoms. The molecular weight excluding hydrogens is 232 g/mol. The molecule has 1 aliphatic heterocycles. The Morgan fingerprint density at radius 3 is 2.89 bits per heavy atom. The molecule has 0 aromatic carbocycles. The van der Waals surface area contributed by atoms with Crippen molar-refractivity contribution in [1.82, 2.24) is 5.32 Å². The van der Waals surface area contributed by atoms with E-state index >= 15 is 0 Å². The molecule has 0 radical (unpaired) electrons. The van der Waals surface area contributed by atoms with Crippen molar-refractivity contribution in [3.8, 4) is 0 Å². The molecule has 2 rings (SSSR count). The summed E-state index contributed by atoms with van der Waals surface area (Å²) in [6, 6.07) is -0.0107. The molecule has 104 valence electrons. The van der Waals surface area contributed by atoms with Crippen molar-refractivity contribution in [3.05, 3.63) is 0 Å². The van der Waals surface area contributed by atoms with Crippen LogP contribution in [0.25, 0.3) is 0 Å². The average Bonchev–Trinajstić information content (AvgIpc) is 2.83. The van der Waals surface area contributed by atoms with Crippen molar-refractivity contribution in [3.63, 3.8) is 0 Å². The molecule has 5 nitrogen and oxygen atoms in total. The number of carbonyl (C=O) groups excluding carboxylic acids is 1. The second kappa shape index (κ2) is 5.99. The predicted octanol–water partition coefficient (Wildman–Crippen LogP) is 0.422. The van der Waals surface area contributed by atoms with Crippen molar-refractivity contribution in [2.75, 3.05) is 13.2 Å². The van der Waals surface area contributed by atoms with Gasteiger partial charge in [0.25, 0.3) is 0 Å². The first-order valence-electron chi connectivity index (χ1n) is 6.96. The first-order valence-corrected chi connectivity index (χ1v) is 6.96. The summed E-state index contributed by atoms with van der Waals surface area (Å²) < 4.78 is 11.1. The lowest BCUT2D eigenvalue weighted by atomic mass is 9.82. The number of rotatable bonds is 5. The van der Waals surface area contributed by atoms with Crippen LogP contribution in [0.1, 0.15) is 33.1 Å². The summed E-state index contributed by atoms with van der Waals surface area (Å²) in [6.07, 6.45) is 2.66. The Balaban J connectivity index is 1.86. The minimum Gasteiger partial charge on any atom is -0.377 e. The van der Waals surface area contributed by atoms with Gasteiger partial charge in [0.15, 0.2) is 0 Å². The highest BCUT2D eigenvalue weighted by Crippen LogP contribution is 2.26. The summed E-state index contributed by atoms with van der Waals surface area (Å²) in [5.74, 6) is 0.0503. The highest BCUT2D eigenvalue weighted by Gasteiger charge is 2.42. The summed E-state index contributed by atoms with van der Waals surface area (Å²) in [6.45, 7) is 5.35. The van der Waals surface area contributed by atoms with Gasteiger partial charge in [-0.05, 0) is 26.2 Å². The van der Waals surface area contributed by atoms with Gasteiger partial charge >= 0.3 is 0 Å². The first-order chi connectivity index (χ1) is 8.67. The number of ether oxygens (including phenoxy) is 2. The monoisotopic (exact) mass is 256 g/mol. The Morgan fingerprint density at radius 1 is 1.50 bits per heavy atom. The fourth-order valence-electron chi connectivity index (χ4n) is 2.85. The summed E-state index contributed by atoms with van der Waals surface area (Å²) >= 11 is 0. The summed E-state index contributed by atoms with van der Waals surface area (Å²) in [7, 11) is 0. The molecule has 1 heterocycles. The summed E-state index contributed by atoms with van der Waals surface area (Å²) in [5.41, 5.74) is 5.93. The van der Waals surface area contributed by atoms with Gasteiger partial charge < -0.3 is 20.5 Å². The molecule has 2 aliphatic rings. The van der Waals surface area contributed by atoms with Crippen LogP contribution in [0, 0.1) is 5.92 Å². The molecule has 0 aromatic rings. The smallest absolute Gasteiger partial charge is 0.226 e. The Hall–Kier alpha value is -0.650. The van der Waals surface area contributed by atoms with Crippen LogP contribution in [0.15, 0.2) is 0 Å². The lowest BCUT2D eigenvalue weighted by molar-refractivity contribution is -0.131. The van der Waals surface area contributed by atoms with E-state index in [1.54, 1.807) is 0 Å². The van der Waals surface area contributed by atoms with Crippen molar-refractivity contribution < 1.29 is 14.3 Å². The molecule has 1 aliphatic carbocycles. The fraction of sp³-hybridized carbons (Fsp3) is 0.923. The molecule has 1 saturated carbocycles. The van der Waals surface area contributed by atoms with E-state index in [1.165, 1.54) is 0 Å². The van der Waals surface area contributed by atoms with Crippen LogP contribution in [-0.2, 0) is 14.3 Å². The van der Waals surface area contributed by atoms with Gasteiger partial charge in [-0.3, -0.25) is 4.79 Å². The maximum Gasteiger partial charge on any atom is 0.226 e. The SMILES string of the molecule is CCOC1CC(N)C1NC(=O)C1CCOC1CC. The van der Waals surface area contributed by atoms with Crippen molar-refractivity contribution in [2.24, 2.45) is 11.7 Å². The number of nitrogens with one attached hydrogen (secondary N) is 1. The van der Waals surface area contributed by atoms with Crippen LogP contribution in [0.3, 0.4) is 0 Å². The zero-order valence-electron chi connectivity index (χ0n) is 11.2. The van der Waals surface area contributed by atoms with Gasteiger partial charge in [0, 0.05) is 19.3 Å². The first kappa shape index (κ1) is 13.8. The average molecular weight is 256 g/mol. The normalized spacial score (nSPS) is 39.4. The zero-order chi connectivity index (χ0) is 13.1. The van der Waals surface area contributed by atoms with E-state index in [0.717, 1.165) is 19.3 Å². The third kappa shape index (κ3) is 2.68. The van der Waals surface area contributed by atoms with Crippen LogP contribution in [0.4, 0.5) is 0 Å². The van der Waals surface area contributed by atoms with E-state index < -0.39 is 0 Å². The standard InChI is InChI=1S/C13H24N2O3/c1-3-10-8(5-6-18-10)13(16)15-12-9(14)7-11(12)17-4-2/h8-12H,3-7,14H2,1-2H3,(H,15,16). The van der Waals surface area contributed by atoms with Crippen molar-refractivity contribution in [1.29, 1.82) is 0 Å². The minimum absolute atomic E-state index is 0.0212.